The maximum atomic E-state index is 13.9. The number of nitrogens with zero attached hydrogens (tertiary/aromatic N) is 5. The van der Waals surface area contributed by atoms with Crippen LogP contribution in [0.4, 0.5) is 13.2 Å². The molecular formula is C23H19F3N6O2. The zero-order valence-electron chi connectivity index (χ0n) is 17.8. The third-order valence-corrected chi connectivity index (χ3v) is 5.95. The molecule has 0 radical (unpaired) electrons. The molecule has 4 aromatic rings. The molecule has 5 rings (SSSR count). The number of phenols is 1. The normalized spacial score (nSPS) is 16.1. The number of phenolic OH excluding ortho intramolecular Hbond substituents is 1. The van der Waals surface area contributed by atoms with E-state index in [1.165, 1.54) is 12.5 Å². The Kier molecular flexibility index (Phi) is 5.52. The molecule has 0 atom stereocenters. The summed E-state index contributed by atoms with van der Waals surface area (Å²) >= 11 is 0. The quantitative estimate of drug-likeness (QED) is 0.438. The van der Waals surface area contributed by atoms with Gasteiger partial charge in [-0.3, -0.25) is 9.48 Å². The Bertz CT molecular complexity index is 1400. The summed E-state index contributed by atoms with van der Waals surface area (Å²) in [6.07, 6.45) is 9.44. The second-order valence-electron chi connectivity index (χ2n) is 8.08. The Labute approximate surface area is 191 Å². The maximum Gasteiger partial charge on any atom is 0.258 e. The van der Waals surface area contributed by atoms with Gasteiger partial charge in [-0.2, -0.15) is 14.6 Å². The van der Waals surface area contributed by atoms with Crippen molar-refractivity contribution in [3.8, 4) is 11.4 Å². The lowest BCUT2D eigenvalue weighted by Gasteiger charge is -2.24. The molecule has 0 saturated heterocycles. The van der Waals surface area contributed by atoms with Gasteiger partial charge in [0, 0.05) is 17.8 Å². The number of carbonyl (C=O) groups excluding carboxylic acids is 1. The molecule has 1 fully saturated rings. The number of rotatable bonds is 4. The van der Waals surface area contributed by atoms with E-state index in [9.17, 15) is 18.0 Å². The Morgan fingerprint density at radius 1 is 1.15 bits per heavy atom. The molecule has 2 aromatic carbocycles. The number of benzene rings is 2. The van der Waals surface area contributed by atoms with Crippen molar-refractivity contribution >= 4 is 16.8 Å². The zero-order valence-corrected chi connectivity index (χ0v) is 17.8. The first-order valence-corrected chi connectivity index (χ1v) is 10.6. The largest absolute Gasteiger partial charge is 0.503 e. The van der Waals surface area contributed by atoms with Crippen LogP contribution in [0.5, 0.6) is 5.75 Å². The van der Waals surface area contributed by atoms with Crippen LogP contribution in [0.2, 0.25) is 0 Å². The number of allylic oxidation sites excluding steroid dienone is 1. The van der Waals surface area contributed by atoms with Crippen molar-refractivity contribution in [2.75, 3.05) is 0 Å². The molecule has 1 aliphatic carbocycles. The molecule has 0 unspecified atom stereocenters. The van der Waals surface area contributed by atoms with Gasteiger partial charge in [0.2, 0.25) is 5.82 Å². The molecule has 0 aliphatic heterocycles. The lowest BCUT2D eigenvalue weighted by atomic mass is 9.91. The molecule has 174 valence electrons. The number of aromatic nitrogens is 5. The van der Waals surface area contributed by atoms with Gasteiger partial charge in [-0.25, -0.2) is 18.4 Å². The van der Waals surface area contributed by atoms with E-state index in [2.05, 4.69) is 15.4 Å². The Balaban J connectivity index is 1.24. The molecule has 0 bridgehead atoms. The molecule has 0 spiro atoms. The summed E-state index contributed by atoms with van der Waals surface area (Å²) in [6, 6.07) is 6.51. The number of nitrogens with one attached hydrogen (secondary N) is 1. The van der Waals surface area contributed by atoms with E-state index in [-0.39, 0.29) is 6.04 Å². The van der Waals surface area contributed by atoms with Crippen LogP contribution in [-0.4, -0.2) is 35.6 Å². The Morgan fingerprint density at radius 3 is 2.68 bits per heavy atom. The van der Waals surface area contributed by atoms with Gasteiger partial charge in [0.1, 0.15) is 12.7 Å². The molecule has 34 heavy (non-hydrogen) atoms. The first kappa shape index (κ1) is 21.7. The van der Waals surface area contributed by atoms with E-state index >= 15 is 0 Å². The van der Waals surface area contributed by atoms with E-state index in [1.54, 1.807) is 11.0 Å². The molecule has 11 heteroatoms. The van der Waals surface area contributed by atoms with Gasteiger partial charge >= 0.3 is 0 Å². The monoisotopic (exact) mass is 468 g/mol. The summed E-state index contributed by atoms with van der Waals surface area (Å²) in [5.74, 6) is -7.25. The summed E-state index contributed by atoms with van der Waals surface area (Å²) < 4.78 is 44.5. The van der Waals surface area contributed by atoms with Gasteiger partial charge in [0.25, 0.3) is 5.91 Å². The molecule has 8 nitrogen and oxygen atoms in total. The number of halogens is 3. The van der Waals surface area contributed by atoms with Crippen molar-refractivity contribution in [1.82, 2.24) is 29.9 Å². The van der Waals surface area contributed by atoms with Crippen molar-refractivity contribution in [3.63, 3.8) is 0 Å². The van der Waals surface area contributed by atoms with Crippen molar-refractivity contribution < 1.29 is 23.1 Å². The second-order valence-corrected chi connectivity index (χ2v) is 8.08. The van der Waals surface area contributed by atoms with Gasteiger partial charge in [-0.15, -0.1) is 0 Å². The van der Waals surface area contributed by atoms with Gasteiger partial charge in [-0.05, 0) is 49.9 Å². The minimum atomic E-state index is -1.79. The average molecular weight is 468 g/mol. The van der Waals surface area contributed by atoms with Crippen molar-refractivity contribution in [2.45, 2.75) is 31.7 Å². The average Bonchev–Trinajstić information content (AvgIpc) is 3.53. The van der Waals surface area contributed by atoms with Gasteiger partial charge in [-0.1, -0.05) is 5.57 Å². The SMILES string of the molecule is O=C(NC=C1CCC(n2cc3ccc(-n4cncn4)cc3n2)CC1)c1cc(F)c(O)c(F)c1F. The molecule has 1 aliphatic rings. The zero-order chi connectivity index (χ0) is 23.8. The number of fused-ring (bicyclic) bond motifs is 1. The topological polar surface area (TPSA) is 97.9 Å². The van der Waals surface area contributed by atoms with Gasteiger partial charge in [0.05, 0.1) is 22.8 Å². The summed E-state index contributed by atoms with van der Waals surface area (Å²) in [6.45, 7) is 0. The fourth-order valence-corrected chi connectivity index (χ4v) is 4.07. The molecule has 2 aromatic heterocycles. The first-order chi connectivity index (χ1) is 16.4. The first-order valence-electron chi connectivity index (χ1n) is 10.6. The van der Waals surface area contributed by atoms with E-state index < -0.39 is 34.7 Å². The number of carbonyl (C=O) groups is 1. The highest BCUT2D eigenvalue weighted by molar-refractivity contribution is 5.95. The second kappa shape index (κ2) is 8.65. The molecule has 1 amide bonds. The minimum absolute atomic E-state index is 0.174. The van der Waals surface area contributed by atoms with Gasteiger partial charge in [0.15, 0.2) is 17.4 Å². The van der Waals surface area contributed by atoms with Crippen LogP contribution in [0.1, 0.15) is 42.1 Å². The standard InChI is InChI=1S/C23H19F3N6O2/c24-18-8-17(20(25)21(26)22(18)33)23(34)28-9-13-1-4-15(5-2-13)31-10-14-3-6-16(7-19(14)30-31)32-12-27-11-29-32/h3,6-12,15,33H,1-2,4-5H2,(H,28,34). The minimum Gasteiger partial charge on any atom is -0.503 e. The Morgan fingerprint density at radius 2 is 1.94 bits per heavy atom. The van der Waals surface area contributed by atoms with Crippen molar-refractivity contribution in [1.29, 1.82) is 0 Å². The van der Waals surface area contributed by atoms with E-state index in [0.717, 1.165) is 35.0 Å². The van der Waals surface area contributed by atoms with E-state index in [0.29, 0.717) is 18.9 Å². The summed E-state index contributed by atoms with van der Waals surface area (Å²) in [4.78, 5) is 16.1. The van der Waals surface area contributed by atoms with Crippen LogP contribution < -0.4 is 5.32 Å². The lowest BCUT2D eigenvalue weighted by molar-refractivity contribution is 0.0963. The van der Waals surface area contributed by atoms with Crippen LogP contribution in [0, 0.1) is 17.5 Å². The van der Waals surface area contributed by atoms with Crippen molar-refractivity contribution in [2.24, 2.45) is 0 Å². The van der Waals surface area contributed by atoms with Crippen LogP contribution in [-0.2, 0) is 0 Å². The molecule has 1 saturated carbocycles. The maximum absolute atomic E-state index is 13.9. The highest BCUT2D eigenvalue weighted by Gasteiger charge is 2.23. The third kappa shape index (κ3) is 4.00. The van der Waals surface area contributed by atoms with Crippen LogP contribution >= 0.6 is 0 Å². The summed E-state index contributed by atoms with van der Waals surface area (Å²) in [7, 11) is 0. The number of aromatic hydroxyl groups is 1. The van der Waals surface area contributed by atoms with Gasteiger partial charge < -0.3 is 10.4 Å². The van der Waals surface area contributed by atoms with Crippen LogP contribution in [0.15, 0.2) is 54.9 Å². The van der Waals surface area contributed by atoms with E-state index in [1.807, 2.05) is 29.1 Å². The highest BCUT2D eigenvalue weighted by Crippen LogP contribution is 2.32. The van der Waals surface area contributed by atoms with Crippen LogP contribution in [0.3, 0.4) is 0 Å². The number of amides is 1. The fourth-order valence-electron chi connectivity index (χ4n) is 4.07. The van der Waals surface area contributed by atoms with Crippen molar-refractivity contribution in [3.05, 3.63) is 77.9 Å². The number of hydrogen-bond acceptors (Lipinski definition) is 5. The summed E-state index contributed by atoms with van der Waals surface area (Å²) in [5, 5.41) is 21.3. The predicted octanol–water partition coefficient (Wildman–Crippen LogP) is 4.17. The highest BCUT2D eigenvalue weighted by atomic mass is 19.2. The number of hydrogen-bond donors (Lipinski definition) is 2. The Hall–Kier alpha value is -4.15. The molecule has 2 N–H and O–H groups in total. The van der Waals surface area contributed by atoms with Crippen LogP contribution in [0.25, 0.3) is 16.6 Å². The lowest BCUT2D eigenvalue weighted by Crippen LogP contribution is -2.21. The molecular weight excluding hydrogens is 449 g/mol. The third-order valence-electron chi connectivity index (χ3n) is 5.95. The smallest absolute Gasteiger partial charge is 0.258 e. The summed E-state index contributed by atoms with van der Waals surface area (Å²) in [5.41, 5.74) is 1.82. The molecule has 2 heterocycles. The fraction of sp³-hybridized carbons (Fsp3) is 0.217. The predicted molar refractivity (Wildman–Crippen MR) is 116 cm³/mol. The van der Waals surface area contributed by atoms with E-state index in [4.69, 9.17) is 10.2 Å².